The van der Waals surface area contributed by atoms with Gasteiger partial charge >= 0.3 is 0 Å². The van der Waals surface area contributed by atoms with Crippen molar-refractivity contribution in [3.63, 3.8) is 0 Å². The summed E-state index contributed by atoms with van der Waals surface area (Å²) in [5.41, 5.74) is 5.46. The van der Waals surface area contributed by atoms with E-state index in [1.807, 2.05) is 6.07 Å². The van der Waals surface area contributed by atoms with E-state index in [0.717, 1.165) is 25.0 Å². The van der Waals surface area contributed by atoms with Gasteiger partial charge in [0.2, 0.25) is 0 Å². The van der Waals surface area contributed by atoms with E-state index in [2.05, 4.69) is 10.4 Å². The molecule has 0 spiro atoms. The van der Waals surface area contributed by atoms with Crippen molar-refractivity contribution in [3.05, 3.63) is 56.6 Å². The van der Waals surface area contributed by atoms with E-state index in [4.69, 9.17) is 17.4 Å². The van der Waals surface area contributed by atoms with E-state index in [0.29, 0.717) is 23.1 Å². The van der Waals surface area contributed by atoms with Crippen molar-refractivity contribution in [2.75, 3.05) is 5.43 Å². The van der Waals surface area contributed by atoms with E-state index in [1.165, 1.54) is 5.56 Å². The second-order valence-electron chi connectivity index (χ2n) is 4.85. The molecule has 104 valence electrons. The van der Waals surface area contributed by atoms with Crippen LogP contribution in [-0.4, -0.2) is 9.55 Å². The lowest BCUT2D eigenvalue weighted by atomic mass is 10.2. The average Bonchev–Trinajstić information content (AvgIpc) is 2.92. The number of rotatable bonds is 3. The SMILES string of the molecule is NNc1ccc(Cl)c(Cn2c3c(ccc2=O)CCC3)n1. The maximum Gasteiger partial charge on any atom is 0.251 e. The van der Waals surface area contributed by atoms with Gasteiger partial charge in [-0.05, 0) is 37.0 Å². The zero-order valence-electron chi connectivity index (χ0n) is 10.9. The normalized spacial score (nSPS) is 13.3. The largest absolute Gasteiger partial charge is 0.308 e. The van der Waals surface area contributed by atoms with Gasteiger partial charge in [-0.15, -0.1) is 0 Å². The molecule has 2 heterocycles. The molecule has 3 rings (SSSR count). The van der Waals surface area contributed by atoms with Crippen molar-refractivity contribution in [1.82, 2.24) is 9.55 Å². The molecule has 20 heavy (non-hydrogen) atoms. The van der Waals surface area contributed by atoms with Crippen LogP contribution in [0.3, 0.4) is 0 Å². The number of fused-ring (bicyclic) bond motifs is 1. The standard InChI is InChI=1S/C14H15ClN4O/c15-10-5-6-13(18-16)17-11(10)8-19-12-3-1-2-9(12)4-7-14(19)20/h4-7H,1-3,8,16H2,(H,17,18). The van der Waals surface area contributed by atoms with Crippen molar-refractivity contribution in [2.24, 2.45) is 5.84 Å². The maximum atomic E-state index is 12.1. The highest BCUT2D eigenvalue weighted by atomic mass is 35.5. The predicted molar refractivity (Wildman–Crippen MR) is 78.9 cm³/mol. The van der Waals surface area contributed by atoms with Crippen molar-refractivity contribution in [1.29, 1.82) is 0 Å². The van der Waals surface area contributed by atoms with Gasteiger partial charge in [-0.3, -0.25) is 4.79 Å². The number of halogens is 1. The molecule has 0 atom stereocenters. The fourth-order valence-electron chi connectivity index (χ4n) is 2.63. The summed E-state index contributed by atoms with van der Waals surface area (Å²) in [5, 5.41) is 0.534. The second kappa shape index (κ2) is 5.26. The van der Waals surface area contributed by atoms with Crippen LogP contribution in [0, 0.1) is 0 Å². The summed E-state index contributed by atoms with van der Waals surface area (Å²) in [5.74, 6) is 5.89. The summed E-state index contributed by atoms with van der Waals surface area (Å²) in [6.07, 6.45) is 3.05. The molecule has 1 aliphatic rings. The van der Waals surface area contributed by atoms with E-state index >= 15 is 0 Å². The average molecular weight is 291 g/mol. The maximum absolute atomic E-state index is 12.1. The Morgan fingerprint density at radius 3 is 2.95 bits per heavy atom. The number of pyridine rings is 2. The van der Waals surface area contributed by atoms with Crippen LogP contribution in [-0.2, 0) is 19.4 Å². The quantitative estimate of drug-likeness (QED) is 0.667. The number of hydrazine groups is 1. The number of hydrogen-bond donors (Lipinski definition) is 2. The van der Waals surface area contributed by atoms with Gasteiger partial charge in [0, 0.05) is 11.8 Å². The molecule has 0 amide bonds. The Labute approximate surface area is 121 Å². The first kappa shape index (κ1) is 13.1. The molecule has 0 saturated heterocycles. The van der Waals surface area contributed by atoms with Crippen LogP contribution < -0.4 is 16.8 Å². The van der Waals surface area contributed by atoms with Crippen LogP contribution in [0.25, 0.3) is 0 Å². The van der Waals surface area contributed by atoms with Crippen molar-refractivity contribution in [2.45, 2.75) is 25.8 Å². The van der Waals surface area contributed by atoms with E-state index in [9.17, 15) is 4.79 Å². The lowest BCUT2D eigenvalue weighted by Crippen LogP contribution is -2.24. The highest BCUT2D eigenvalue weighted by Gasteiger charge is 2.17. The molecule has 0 radical (unpaired) electrons. The van der Waals surface area contributed by atoms with Gasteiger partial charge in [-0.1, -0.05) is 17.7 Å². The third-order valence-electron chi connectivity index (χ3n) is 3.62. The third kappa shape index (κ3) is 2.30. The predicted octanol–water partition coefficient (Wildman–Crippen LogP) is 1.72. The molecule has 2 aromatic heterocycles. The first-order valence-corrected chi connectivity index (χ1v) is 6.90. The number of nitrogens with two attached hydrogens (primary N) is 1. The number of nitrogen functional groups attached to an aromatic ring is 1. The van der Waals surface area contributed by atoms with Crippen molar-refractivity contribution >= 4 is 17.4 Å². The van der Waals surface area contributed by atoms with Gasteiger partial charge in [0.25, 0.3) is 5.56 Å². The molecule has 2 aromatic rings. The van der Waals surface area contributed by atoms with Crippen molar-refractivity contribution in [3.8, 4) is 0 Å². The second-order valence-corrected chi connectivity index (χ2v) is 5.26. The van der Waals surface area contributed by atoms with Crippen LogP contribution in [0.5, 0.6) is 0 Å². The molecule has 3 N–H and O–H groups in total. The number of nitrogens with zero attached hydrogens (tertiary/aromatic N) is 2. The number of nitrogens with one attached hydrogen (secondary N) is 1. The molecule has 0 unspecified atom stereocenters. The molecule has 0 aliphatic heterocycles. The molecule has 6 heteroatoms. The van der Waals surface area contributed by atoms with Crippen LogP contribution in [0.4, 0.5) is 5.82 Å². The van der Waals surface area contributed by atoms with Gasteiger partial charge in [0.1, 0.15) is 5.82 Å². The van der Waals surface area contributed by atoms with Gasteiger partial charge in [-0.2, -0.15) is 0 Å². The van der Waals surface area contributed by atoms with Gasteiger partial charge in [0.05, 0.1) is 17.3 Å². The van der Waals surface area contributed by atoms with Crippen molar-refractivity contribution < 1.29 is 0 Å². The zero-order valence-corrected chi connectivity index (χ0v) is 11.7. The smallest absolute Gasteiger partial charge is 0.251 e. The topological polar surface area (TPSA) is 72.9 Å². The van der Waals surface area contributed by atoms with Gasteiger partial charge in [-0.25, -0.2) is 10.8 Å². The van der Waals surface area contributed by atoms with E-state index in [1.54, 1.807) is 22.8 Å². The Bertz CT molecular complexity index is 711. The minimum absolute atomic E-state index is 0.0189. The van der Waals surface area contributed by atoms with Gasteiger partial charge in [0.15, 0.2) is 0 Å². The number of aromatic nitrogens is 2. The number of aryl methyl sites for hydroxylation is 1. The summed E-state index contributed by atoms with van der Waals surface area (Å²) < 4.78 is 1.76. The molecule has 0 aromatic carbocycles. The summed E-state index contributed by atoms with van der Waals surface area (Å²) in [4.78, 5) is 16.4. The minimum Gasteiger partial charge on any atom is -0.308 e. The van der Waals surface area contributed by atoms with Crippen LogP contribution in [0.1, 0.15) is 23.4 Å². The Hall–Kier alpha value is -1.85. The summed E-state index contributed by atoms with van der Waals surface area (Å²) in [6, 6.07) is 6.97. The molecular weight excluding hydrogens is 276 g/mol. The molecular formula is C14H15ClN4O. The van der Waals surface area contributed by atoms with Crippen LogP contribution in [0.15, 0.2) is 29.1 Å². The lowest BCUT2D eigenvalue weighted by Gasteiger charge is -2.13. The Kier molecular flexibility index (Phi) is 3.46. The Morgan fingerprint density at radius 1 is 1.30 bits per heavy atom. The van der Waals surface area contributed by atoms with Gasteiger partial charge < -0.3 is 9.99 Å². The Morgan fingerprint density at radius 2 is 2.15 bits per heavy atom. The lowest BCUT2D eigenvalue weighted by molar-refractivity contribution is 0.694. The highest BCUT2D eigenvalue weighted by Crippen LogP contribution is 2.22. The summed E-state index contributed by atoms with van der Waals surface area (Å²) >= 11 is 6.16. The molecule has 0 bridgehead atoms. The monoisotopic (exact) mass is 290 g/mol. The molecule has 0 saturated carbocycles. The van der Waals surface area contributed by atoms with Crippen LogP contribution >= 0.6 is 11.6 Å². The fourth-order valence-corrected chi connectivity index (χ4v) is 2.80. The molecule has 1 aliphatic carbocycles. The molecule has 0 fully saturated rings. The first-order valence-electron chi connectivity index (χ1n) is 6.52. The summed E-state index contributed by atoms with van der Waals surface area (Å²) in [6.45, 7) is 0.371. The van der Waals surface area contributed by atoms with E-state index < -0.39 is 0 Å². The van der Waals surface area contributed by atoms with Crippen LogP contribution in [0.2, 0.25) is 5.02 Å². The number of hydrogen-bond acceptors (Lipinski definition) is 4. The number of anilines is 1. The highest BCUT2D eigenvalue weighted by molar-refractivity contribution is 6.31. The minimum atomic E-state index is -0.0189. The first-order chi connectivity index (χ1) is 9.69. The third-order valence-corrected chi connectivity index (χ3v) is 3.97. The van der Waals surface area contributed by atoms with E-state index in [-0.39, 0.29) is 5.56 Å². The summed E-state index contributed by atoms with van der Waals surface area (Å²) in [7, 11) is 0. The Balaban J connectivity index is 2.04. The molecule has 5 nitrogen and oxygen atoms in total. The zero-order chi connectivity index (χ0) is 14.1. The fraction of sp³-hybridized carbons (Fsp3) is 0.286.